The lowest BCUT2D eigenvalue weighted by Crippen LogP contribution is -2.37. The van der Waals surface area contributed by atoms with E-state index in [1.165, 1.54) is 49.4 Å². The molecule has 2 heterocycles. The zero-order valence-electron chi connectivity index (χ0n) is 19.3. The maximum atomic E-state index is 14.7. The van der Waals surface area contributed by atoms with Crippen molar-refractivity contribution in [2.45, 2.75) is 38.4 Å². The Kier molecular flexibility index (Phi) is 7.91. The third kappa shape index (κ3) is 5.45. The molecule has 0 spiro atoms. The van der Waals surface area contributed by atoms with Crippen LogP contribution in [0.15, 0.2) is 47.3 Å². The molecular formula is C23H18Cl3F4N5O3. The summed E-state index contributed by atoms with van der Waals surface area (Å²) in [5.74, 6) is -1.03. The largest absolute Gasteiger partial charge is 0.416 e. The highest BCUT2D eigenvalue weighted by molar-refractivity contribution is 6.32. The van der Waals surface area contributed by atoms with Gasteiger partial charge < -0.3 is 10.2 Å². The van der Waals surface area contributed by atoms with E-state index >= 15 is 0 Å². The first kappa shape index (κ1) is 28.1. The van der Waals surface area contributed by atoms with Gasteiger partial charge in [-0.05, 0) is 31.2 Å². The summed E-state index contributed by atoms with van der Waals surface area (Å²) in [4.78, 5) is 17.4. The molecule has 38 heavy (non-hydrogen) atoms. The van der Waals surface area contributed by atoms with Gasteiger partial charge in [-0.1, -0.05) is 53.0 Å². The van der Waals surface area contributed by atoms with Crippen molar-refractivity contribution >= 4 is 34.8 Å². The molecule has 2 aromatic heterocycles. The van der Waals surface area contributed by atoms with E-state index in [1.807, 2.05) is 0 Å². The van der Waals surface area contributed by atoms with Gasteiger partial charge in [0.25, 0.3) is 0 Å². The lowest BCUT2D eigenvalue weighted by Gasteiger charge is -2.16. The van der Waals surface area contributed by atoms with Gasteiger partial charge in [0.05, 0.1) is 23.8 Å². The van der Waals surface area contributed by atoms with Crippen LogP contribution in [0, 0.1) is 5.82 Å². The summed E-state index contributed by atoms with van der Waals surface area (Å²) in [7, 11) is 0. The first-order chi connectivity index (χ1) is 17.8. The van der Waals surface area contributed by atoms with Gasteiger partial charge in [0, 0.05) is 10.6 Å². The predicted molar refractivity (Wildman–Crippen MR) is 132 cm³/mol. The van der Waals surface area contributed by atoms with Crippen molar-refractivity contribution in [2.24, 2.45) is 0 Å². The smallest absolute Gasteiger partial charge is 0.385 e. The molecule has 2 atom stereocenters. The third-order valence-corrected chi connectivity index (χ3v) is 6.45. The number of aromatic nitrogens is 5. The molecule has 0 radical (unpaired) electrons. The van der Waals surface area contributed by atoms with E-state index in [-0.39, 0.29) is 38.8 Å². The standard InChI is InChI=1S/C23H18Cl3F4N5O3/c1-11(36)21-31-17(32-35(21)15-4-2-3-14(25)18(15)27)10-34-20(26)19(12-5-7-13(24)8-6-12)33(22(34)38)9-16(37)23(28,29)30/h2-8,11,16,36-37H,9-10H2,1H3. The molecule has 2 aromatic carbocycles. The number of aliphatic hydroxyl groups is 2. The van der Waals surface area contributed by atoms with Crippen molar-refractivity contribution in [1.29, 1.82) is 0 Å². The molecule has 0 saturated heterocycles. The van der Waals surface area contributed by atoms with E-state index in [0.29, 0.717) is 9.59 Å². The van der Waals surface area contributed by atoms with Gasteiger partial charge in [0.1, 0.15) is 16.9 Å². The number of imidazole rings is 1. The van der Waals surface area contributed by atoms with Gasteiger partial charge in [-0.3, -0.25) is 9.13 Å². The normalized spacial score (nSPS) is 13.6. The average Bonchev–Trinajstić information content (AvgIpc) is 3.36. The van der Waals surface area contributed by atoms with Crippen molar-refractivity contribution < 1.29 is 27.8 Å². The van der Waals surface area contributed by atoms with Gasteiger partial charge in [-0.15, -0.1) is 5.10 Å². The van der Waals surface area contributed by atoms with Crippen molar-refractivity contribution in [2.75, 3.05) is 0 Å². The molecule has 0 amide bonds. The Morgan fingerprint density at radius 2 is 1.68 bits per heavy atom. The minimum Gasteiger partial charge on any atom is -0.385 e. The predicted octanol–water partition coefficient (Wildman–Crippen LogP) is 5.02. The molecule has 2 unspecified atom stereocenters. The Hall–Kier alpha value is -2.90. The zero-order valence-corrected chi connectivity index (χ0v) is 21.6. The number of rotatable bonds is 7. The minimum absolute atomic E-state index is 0.0878. The van der Waals surface area contributed by atoms with Crippen LogP contribution in [-0.4, -0.2) is 46.4 Å². The van der Waals surface area contributed by atoms with Crippen molar-refractivity contribution in [3.05, 3.63) is 85.6 Å². The average molecular weight is 595 g/mol. The molecule has 202 valence electrons. The molecule has 2 N–H and O–H groups in total. The fraction of sp³-hybridized carbons (Fsp3) is 0.261. The number of benzene rings is 2. The van der Waals surface area contributed by atoms with Crippen LogP contribution in [0.2, 0.25) is 15.2 Å². The summed E-state index contributed by atoms with van der Waals surface area (Å²) in [6, 6.07) is 9.93. The molecule has 15 heteroatoms. The Labute approximate surface area is 227 Å². The fourth-order valence-electron chi connectivity index (χ4n) is 3.71. The molecule has 0 fully saturated rings. The summed E-state index contributed by atoms with van der Waals surface area (Å²) in [5.41, 5.74) is -0.966. The second-order valence-electron chi connectivity index (χ2n) is 8.23. The Balaban J connectivity index is 1.84. The molecule has 0 aliphatic heterocycles. The van der Waals surface area contributed by atoms with Crippen LogP contribution >= 0.6 is 34.8 Å². The van der Waals surface area contributed by atoms with Crippen LogP contribution in [0.1, 0.15) is 24.7 Å². The molecule has 0 bridgehead atoms. The van der Waals surface area contributed by atoms with E-state index in [1.54, 1.807) is 0 Å². The van der Waals surface area contributed by atoms with Crippen LogP contribution < -0.4 is 5.69 Å². The number of hydrogen-bond donors (Lipinski definition) is 2. The number of aliphatic hydroxyl groups excluding tert-OH is 2. The second kappa shape index (κ2) is 10.7. The summed E-state index contributed by atoms with van der Waals surface area (Å²) in [6.07, 6.45) is -9.08. The Morgan fingerprint density at radius 3 is 2.29 bits per heavy atom. The van der Waals surface area contributed by atoms with E-state index < -0.39 is 43.0 Å². The van der Waals surface area contributed by atoms with Gasteiger partial charge in [-0.2, -0.15) is 13.2 Å². The van der Waals surface area contributed by atoms with E-state index in [2.05, 4.69) is 10.1 Å². The Morgan fingerprint density at radius 1 is 1.03 bits per heavy atom. The van der Waals surface area contributed by atoms with E-state index in [9.17, 15) is 32.6 Å². The molecule has 4 rings (SSSR count). The lowest BCUT2D eigenvalue weighted by molar-refractivity contribution is -0.207. The highest BCUT2D eigenvalue weighted by Gasteiger charge is 2.39. The molecule has 8 nitrogen and oxygen atoms in total. The number of nitrogens with zero attached hydrogens (tertiary/aromatic N) is 5. The molecule has 0 saturated carbocycles. The van der Waals surface area contributed by atoms with Crippen LogP contribution in [0.25, 0.3) is 16.9 Å². The van der Waals surface area contributed by atoms with Gasteiger partial charge in [0.15, 0.2) is 23.6 Å². The number of hydrogen-bond acceptors (Lipinski definition) is 5. The maximum absolute atomic E-state index is 14.7. The van der Waals surface area contributed by atoms with Crippen molar-refractivity contribution in [3.63, 3.8) is 0 Å². The number of alkyl halides is 3. The van der Waals surface area contributed by atoms with E-state index in [0.717, 1.165) is 9.25 Å². The topological polar surface area (TPSA) is 98.1 Å². The van der Waals surface area contributed by atoms with Crippen LogP contribution in [-0.2, 0) is 13.1 Å². The fourth-order valence-corrected chi connectivity index (χ4v) is 4.35. The van der Waals surface area contributed by atoms with Crippen molar-refractivity contribution in [3.8, 4) is 16.9 Å². The summed E-state index contributed by atoms with van der Waals surface area (Å²) >= 11 is 18.3. The summed E-state index contributed by atoms with van der Waals surface area (Å²) < 4.78 is 56.7. The van der Waals surface area contributed by atoms with Gasteiger partial charge in [-0.25, -0.2) is 18.9 Å². The summed E-state index contributed by atoms with van der Waals surface area (Å²) in [5, 5.41) is 23.9. The number of halogens is 7. The van der Waals surface area contributed by atoms with Crippen LogP contribution in [0.5, 0.6) is 0 Å². The van der Waals surface area contributed by atoms with Crippen LogP contribution in [0.4, 0.5) is 17.6 Å². The lowest BCUT2D eigenvalue weighted by atomic mass is 10.1. The molecule has 0 aliphatic rings. The second-order valence-corrected chi connectivity index (χ2v) is 9.43. The molecular weight excluding hydrogens is 577 g/mol. The SMILES string of the molecule is CC(O)c1nc(Cn2c(Cl)c(-c3ccc(Cl)cc3)n(CC(O)C(F)(F)F)c2=O)nn1-c1cccc(Cl)c1F. The first-order valence-electron chi connectivity index (χ1n) is 10.9. The van der Waals surface area contributed by atoms with Crippen molar-refractivity contribution in [1.82, 2.24) is 23.9 Å². The highest BCUT2D eigenvalue weighted by Crippen LogP contribution is 2.31. The van der Waals surface area contributed by atoms with Gasteiger partial charge >= 0.3 is 11.9 Å². The summed E-state index contributed by atoms with van der Waals surface area (Å²) in [6.45, 7) is -0.233. The first-order valence-corrected chi connectivity index (χ1v) is 12.0. The zero-order chi connectivity index (χ0) is 27.9. The third-order valence-electron chi connectivity index (χ3n) is 5.52. The van der Waals surface area contributed by atoms with E-state index in [4.69, 9.17) is 34.8 Å². The quantitative estimate of drug-likeness (QED) is 0.293. The molecule has 4 aromatic rings. The Bertz CT molecular complexity index is 1530. The molecule has 0 aliphatic carbocycles. The monoisotopic (exact) mass is 593 g/mol. The van der Waals surface area contributed by atoms with Crippen LogP contribution in [0.3, 0.4) is 0 Å². The maximum Gasteiger partial charge on any atom is 0.416 e. The van der Waals surface area contributed by atoms with Gasteiger partial charge in [0.2, 0.25) is 0 Å². The highest BCUT2D eigenvalue weighted by atomic mass is 35.5. The minimum atomic E-state index is -5.00.